The lowest BCUT2D eigenvalue weighted by molar-refractivity contribution is -0.383. The number of hydrogen-bond donors (Lipinski definition) is 2. The van der Waals surface area contributed by atoms with Crippen LogP contribution in [0.5, 0.6) is 11.5 Å². The maximum absolute atomic E-state index is 12.2. The van der Waals surface area contributed by atoms with Gasteiger partial charge in [-0.25, -0.2) is 0 Å². The molecule has 2 aromatic rings. The van der Waals surface area contributed by atoms with Gasteiger partial charge in [-0.05, 0) is 29.8 Å². The molecule has 0 atom stereocenters. The van der Waals surface area contributed by atoms with Crippen molar-refractivity contribution < 1.29 is 19.6 Å². The van der Waals surface area contributed by atoms with Gasteiger partial charge in [-0.1, -0.05) is 6.07 Å². The van der Waals surface area contributed by atoms with E-state index in [-0.39, 0.29) is 28.7 Å². The third-order valence-corrected chi connectivity index (χ3v) is 3.44. The summed E-state index contributed by atoms with van der Waals surface area (Å²) in [6, 6.07) is 8.78. The fraction of sp³-hybridized carbons (Fsp3) is 0.0625. The van der Waals surface area contributed by atoms with Crippen LogP contribution in [0, 0.1) is 10.1 Å². The number of phenols is 1. The molecule has 0 aromatic heterocycles. The summed E-state index contributed by atoms with van der Waals surface area (Å²) in [6.07, 6.45) is 1.44. The zero-order valence-corrected chi connectivity index (χ0v) is 12.1. The first kappa shape index (κ1) is 14.6. The quantitative estimate of drug-likeness (QED) is 0.513. The Bertz CT molecular complexity index is 858. The molecule has 3 rings (SSSR count). The number of ether oxygens (including phenoxy) is 1. The summed E-state index contributed by atoms with van der Waals surface area (Å²) in [7, 11) is 1.59. The lowest BCUT2D eigenvalue weighted by Crippen LogP contribution is -1.99. The number of fused-ring (bicyclic) bond motifs is 1. The number of aromatic hydroxyl groups is 1. The fourth-order valence-corrected chi connectivity index (χ4v) is 2.33. The van der Waals surface area contributed by atoms with E-state index in [0.29, 0.717) is 16.8 Å². The number of hydrogen-bond acceptors (Lipinski definition) is 6. The topological polar surface area (TPSA) is 102 Å². The molecule has 0 saturated carbocycles. The zero-order valence-electron chi connectivity index (χ0n) is 12.1. The highest BCUT2D eigenvalue weighted by Gasteiger charge is 2.27. The van der Waals surface area contributed by atoms with E-state index >= 15 is 0 Å². The standard InChI is InChI=1S/C16H12N2O5/c1-17-12-5-2-9(6-13(12)18(21)22)7-15-16(20)11-4-3-10(19)8-14(11)23-15/h2-8,17,19H,1H3/b15-7+. The average molecular weight is 312 g/mol. The number of nitrogens with one attached hydrogen (secondary N) is 1. The molecule has 1 aliphatic heterocycles. The lowest BCUT2D eigenvalue weighted by Gasteiger charge is -2.03. The van der Waals surface area contributed by atoms with Crippen molar-refractivity contribution in [2.24, 2.45) is 0 Å². The van der Waals surface area contributed by atoms with Crippen molar-refractivity contribution in [3.05, 3.63) is 63.4 Å². The predicted molar refractivity (Wildman–Crippen MR) is 83.7 cm³/mol. The number of carbonyl (C=O) groups excluding carboxylic acids is 1. The summed E-state index contributed by atoms with van der Waals surface area (Å²) >= 11 is 0. The van der Waals surface area contributed by atoms with Crippen LogP contribution < -0.4 is 10.1 Å². The first-order valence-electron chi connectivity index (χ1n) is 6.73. The maximum Gasteiger partial charge on any atom is 0.292 e. The highest BCUT2D eigenvalue weighted by atomic mass is 16.6. The van der Waals surface area contributed by atoms with Crippen LogP contribution in [0.4, 0.5) is 11.4 Å². The number of allylic oxidation sites excluding steroid dienone is 1. The van der Waals surface area contributed by atoms with Gasteiger partial charge in [-0.3, -0.25) is 14.9 Å². The van der Waals surface area contributed by atoms with E-state index in [1.54, 1.807) is 19.2 Å². The number of phenolic OH excluding ortho intramolecular Hbond substituents is 1. The Kier molecular flexibility index (Phi) is 3.46. The van der Waals surface area contributed by atoms with Crippen LogP contribution in [0.3, 0.4) is 0 Å². The van der Waals surface area contributed by atoms with Crippen LogP contribution in [0.2, 0.25) is 0 Å². The summed E-state index contributed by atoms with van der Waals surface area (Å²) in [5, 5.41) is 23.2. The molecule has 2 aromatic carbocycles. The summed E-state index contributed by atoms with van der Waals surface area (Å²) in [4.78, 5) is 22.8. The zero-order chi connectivity index (χ0) is 16.6. The largest absolute Gasteiger partial charge is 0.508 e. The monoisotopic (exact) mass is 312 g/mol. The van der Waals surface area contributed by atoms with Gasteiger partial charge >= 0.3 is 0 Å². The number of Topliss-reactive ketones (excluding diaryl/α,β-unsaturated/α-hetero) is 1. The molecule has 0 saturated heterocycles. The number of carbonyl (C=O) groups is 1. The minimum atomic E-state index is -0.502. The van der Waals surface area contributed by atoms with Crippen molar-refractivity contribution in [1.82, 2.24) is 0 Å². The number of ketones is 1. The molecular formula is C16H12N2O5. The molecule has 7 nitrogen and oxygen atoms in total. The molecule has 0 amide bonds. The maximum atomic E-state index is 12.2. The number of rotatable bonds is 3. The van der Waals surface area contributed by atoms with Crippen molar-refractivity contribution in [3.63, 3.8) is 0 Å². The number of nitro groups is 1. The minimum Gasteiger partial charge on any atom is -0.508 e. The van der Waals surface area contributed by atoms with E-state index in [9.17, 15) is 20.0 Å². The Hall–Kier alpha value is -3.35. The summed E-state index contributed by atoms with van der Waals surface area (Å²) in [5.74, 6) is -0.0214. The number of nitrogens with zero attached hydrogens (tertiary/aromatic N) is 1. The van der Waals surface area contributed by atoms with E-state index in [2.05, 4.69) is 5.32 Å². The molecule has 116 valence electrons. The molecule has 7 heteroatoms. The van der Waals surface area contributed by atoms with Crippen LogP contribution in [0.25, 0.3) is 6.08 Å². The molecule has 0 aliphatic carbocycles. The highest BCUT2D eigenvalue weighted by molar-refractivity contribution is 6.14. The molecule has 0 fully saturated rings. The Morgan fingerprint density at radius 2 is 2.04 bits per heavy atom. The lowest BCUT2D eigenvalue weighted by atomic mass is 10.1. The van der Waals surface area contributed by atoms with Crippen molar-refractivity contribution in [3.8, 4) is 11.5 Å². The van der Waals surface area contributed by atoms with Crippen LogP contribution in [0.1, 0.15) is 15.9 Å². The molecule has 1 aliphatic rings. The third kappa shape index (κ3) is 2.59. The third-order valence-electron chi connectivity index (χ3n) is 3.44. The van der Waals surface area contributed by atoms with Gasteiger partial charge < -0.3 is 15.2 Å². The van der Waals surface area contributed by atoms with Crippen LogP contribution in [-0.4, -0.2) is 22.9 Å². The van der Waals surface area contributed by atoms with Crippen molar-refractivity contribution in [1.29, 1.82) is 0 Å². The fourth-order valence-electron chi connectivity index (χ4n) is 2.33. The van der Waals surface area contributed by atoms with Gasteiger partial charge in [0.2, 0.25) is 5.78 Å². The van der Waals surface area contributed by atoms with E-state index in [1.165, 1.54) is 30.3 Å². The molecule has 2 N–H and O–H groups in total. The van der Waals surface area contributed by atoms with Gasteiger partial charge in [0.1, 0.15) is 17.2 Å². The van der Waals surface area contributed by atoms with E-state index in [1.807, 2.05) is 0 Å². The van der Waals surface area contributed by atoms with Crippen molar-refractivity contribution in [2.75, 3.05) is 12.4 Å². The van der Waals surface area contributed by atoms with Crippen LogP contribution in [-0.2, 0) is 0 Å². The second kappa shape index (κ2) is 5.45. The van der Waals surface area contributed by atoms with Gasteiger partial charge in [0.15, 0.2) is 5.76 Å². The van der Waals surface area contributed by atoms with Gasteiger partial charge in [-0.15, -0.1) is 0 Å². The van der Waals surface area contributed by atoms with Gasteiger partial charge in [-0.2, -0.15) is 0 Å². The smallest absolute Gasteiger partial charge is 0.292 e. The second-order valence-electron chi connectivity index (χ2n) is 4.90. The van der Waals surface area contributed by atoms with Gasteiger partial charge in [0.25, 0.3) is 5.69 Å². The SMILES string of the molecule is CNc1ccc(/C=C2/Oc3cc(O)ccc3C2=O)cc1[N+](=O)[O-]. The number of nitro benzene ring substituents is 1. The summed E-state index contributed by atoms with van der Waals surface area (Å²) in [6.45, 7) is 0. The normalized spacial score (nSPS) is 14.5. The first-order valence-corrected chi connectivity index (χ1v) is 6.73. The average Bonchev–Trinajstić information content (AvgIpc) is 2.82. The molecule has 0 bridgehead atoms. The Morgan fingerprint density at radius 1 is 1.26 bits per heavy atom. The highest BCUT2D eigenvalue weighted by Crippen LogP contribution is 2.35. The second-order valence-corrected chi connectivity index (χ2v) is 4.90. The Morgan fingerprint density at radius 3 is 2.74 bits per heavy atom. The van der Waals surface area contributed by atoms with Gasteiger partial charge in [0, 0.05) is 19.2 Å². The first-order chi connectivity index (χ1) is 11.0. The molecule has 0 spiro atoms. The van der Waals surface area contributed by atoms with E-state index < -0.39 is 4.92 Å². The molecule has 23 heavy (non-hydrogen) atoms. The summed E-state index contributed by atoms with van der Waals surface area (Å²) < 4.78 is 5.43. The van der Waals surface area contributed by atoms with Gasteiger partial charge in [0.05, 0.1) is 10.5 Å². The van der Waals surface area contributed by atoms with Crippen molar-refractivity contribution in [2.45, 2.75) is 0 Å². The number of anilines is 1. The molecular weight excluding hydrogens is 300 g/mol. The summed E-state index contributed by atoms with van der Waals surface area (Å²) in [5.41, 5.74) is 1.10. The van der Waals surface area contributed by atoms with Crippen LogP contribution in [0.15, 0.2) is 42.2 Å². The number of benzene rings is 2. The minimum absolute atomic E-state index is 0.00758. The van der Waals surface area contributed by atoms with Crippen molar-refractivity contribution >= 4 is 23.2 Å². The van der Waals surface area contributed by atoms with Crippen LogP contribution >= 0.6 is 0 Å². The predicted octanol–water partition coefficient (Wildman–Crippen LogP) is 2.96. The Labute approximate surface area is 131 Å². The molecule has 0 radical (unpaired) electrons. The molecule has 0 unspecified atom stereocenters. The molecule has 1 heterocycles. The van der Waals surface area contributed by atoms with E-state index in [0.717, 1.165) is 0 Å². The Balaban J connectivity index is 1.99. The van der Waals surface area contributed by atoms with E-state index in [4.69, 9.17) is 4.74 Å².